The van der Waals surface area contributed by atoms with Crippen LogP contribution in [0.5, 0.6) is 5.88 Å². The molecule has 0 fully saturated rings. The molecule has 0 amide bonds. The molecule has 4 heteroatoms. The molecule has 2 N–H and O–H groups in total. The van der Waals surface area contributed by atoms with E-state index in [1.807, 2.05) is 12.1 Å². The first-order valence-electron chi connectivity index (χ1n) is 5.52. The Morgan fingerprint density at radius 2 is 2.07 bits per heavy atom. The summed E-state index contributed by atoms with van der Waals surface area (Å²) in [6.07, 6.45) is 4.80. The Balaban J connectivity index is 2.20. The second-order valence-electron chi connectivity index (χ2n) is 3.48. The number of hydrogen-bond acceptors (Lipinski definition) is 4. The fourth-order valence-corrected chi connectivity index (χ4v) is 1.24. The Labute approximate surface area is 90.8 Å². The van der Waals surface area contributed by atoms with Crippen molar-refractivity contribution in [3.05, 3.63) is 17.8 Å². The fraction of sp³-hybridized carbons (Fsp3) is 0.636. The van der Waals surface area contributed by atoms with Crippen LogP contribution in [0, 0.1) is 0 Å². The lowest BCUT2D eigenvalue weighted by molar-refractivity contribution is 0.290. The molecule has 4 nitrogen and oxygen atoms in total. The summed E-state index contributed by atoms with van der Waals surface area (Å²) < 4.78 is 5.44. The zero-order chi connectivity index (χ0) is 10.9. The molecule has 0 aliphatic rings. The highest BCUT2D eigenvalue weighted by Crippen LogP contribution is 2.06. The van der Waals surface area contributed by atoms with Crippen molar-refractivity contribution in [2.24, 2.45) is 5.73 Å². The Hall–Kier alpha value is -1.16. The van der Waals surface area contributed by atoms with Gasteiger partial charge in [-0.15, -0.1) is 5.10 Å². The van der Waals surface area contributed by atoms with Crippen molar-refractivity contribution in [3.8, 4) is 5.88 Å². The monoisotopic (exact) mass is 209 g/mol. The first kappa shape index (κ1) is 11.9. The molecule has 0 bridgehead atoms. The maximum absolute atomic E-state index is 5.44. The van der Waals surface area contributed by atoms with Crippen LogP contribution in [0.15, 0.2) is 12.1 Å². The average Bonchev–Trinajstić information content (AvgIpc) is 2.30. The molecule has 0 aliphatic carbocycles. The van der Waals surface area contributed by atoms with Crippen LogP contribution in [0.25, 0.3) is 0 Å². The number of rotatable bonds is 7. The predicted octanol–water partition coefficient (Wildman–Crippen LogP) is 1.89. The van der Waals surface area contributed by atoms with E-state index < -0.39 is 0 Å². The van der Waals surface area contributed by atoms with Crippen molar-refractivity contribution in [1.82, 2.24) is 10.2 Å². The van der Waals surface area contributed by atoms with Crippen molar-refractivity contribution >= 4 is 0 Å². The molecule has 1 aromatic rings. The topological polar surface area (TPSA) is 61.0 Å². The lowest BCUT2D eigenvalue weighted by Gasteiger charge is -2.04. The highest BCUT2D eigenvalue weighted by atomic mass is 16.5. The molecule has 84 valence electrons. The zero-order valence-electron chi connectivity index (χ0n) is 9.28. The van der Waals surface area contributed by atoms with E-state index in [2.05, 4.69) is 17.1 Å². The minimum absolute atomic E-state index is 0.420. The first-order chi connectivity index (χ1) is 7.36. The SMILES string of the molecule is CCCCCCOc1ccc(CN)nn1. The van der Waals surface area contributed by atoms with Gasteiger partial charge < -0.3 is 10.5 Å². The number of ether oxygens (including phenoxy) is 1. The summed E-state index contributed by atoms with van der Waals surface area (Å²) in [6.45, 7) is 3.33. The number of aromatic nitrogens is 2. The molecule has 0 saturated heterocycles. The van der Waals surface area contributed by atoms with Gasteiger partial charge in [-0.2, -0.15) is 5.10 Å². The number of hydrogen-bond donors (Lipinski definition) is 1. The van der Waals surface area contributed by atoms with Gasteiger partial charge in [0.15, 0.2) is 0 Å². The fourth-order valence-electron chi connectivity index (χ4n) is 1.24. The van der Waals surface area contributed by atoms with Gasteiger partial charge in [0.2, 0.25) is 5.88 Å². The molecule has 0 aliphatic heterocycles. The molecule has 0 radical (unpaired) electrons. The standard InChI is InChI=1S/C11H19N3O/c1-2-3-4-5-8-15-11-7-6-10(9-12)13-14-11/h6-7H,2-5,8-9,12H2,1H3. The maximum atomic E-state index is 5.44. The van der Waals surface area contributed by atoms with Gasteiger partial charge in [0, 0.05) is 12.6 Å². The summed E-state index contributed by atoms with van der Waals surface area (Å²) in [5.41, 5.74) is 6.20. The van der Waals surface area contributed by atoms with Gasteiger partial charge >= 0.3 is 0 Å². The van der Waals surface area contributed by atoms with E-state index in [0.29, 0.717) is 12.4 Å². The third kappa shape index (κ3) is 4.74. The summed E-state index contributed by atoms with van der Waals surface area (Å²) in [6, 6.07) is 3.66. The Kier molecular flexibility index (Phi) is 5.70. The second kappa shape index (κ2) is 7.17. The Morgan fingerprint density at radius 1 is 1.20 bits per heavy atom. The zero-order valence-corrected chi connectivity index (χ0v) is 9.28. The summed E-state index contributed by atoms with van der Waals surface area (Å²) >= 11 is 0. The third-order valence-electron chi connectivity index (χ3n) is 2.15. The Bertz CT molecular complexity index is 261. The molecule has 0 saturated carbocycles. The van der Waals surface area contributed by atoms with E-state index in [9.17, 15) is 0 Å². The molecule has 15 heavy (non-hydrogen) atoms. The van der Waals surface area contributed by atoms with Gasteiger partial charge in [0.05, 0.1) is 12.3 Å². The molecule has 1 heterocycles. The summed E-state index contributed by atoms with van der Waals surface area (Å²) in [5, 5.41) is 7.83. The van der Waals surface area contributed by atoms with Gasteiger partial charge in [-0.25, -0.2) is 0 Å². The average molecular weight is 209 g/mol. The van der Waals surface area contributed by atoms with Crippen molar-refractivity contribution in [1.29, 1.82) is 0 Å². The number of nitrogens with two attached hydrogens (primary N) is 1. The smallest absolute Gasteiger partial charge is 0.233 e. The molecule has 1 rings (SSSR count). The van der Waals surface area contributed by atoms with E-state index in [1.54, 1.807) is 0 Å². The largest absolute Gasteiger partial charge is 0.477 e. The second-order valence-corrected chi connectivity index (χ2v) is 3.48. The lowest BCUT2D eigenvalue weighted by atomic mass is 10.2. The van der Waals surface area contributed by atoms with Crippen LogP contribution in [0.3, 0.4) is 0 Å². The van der Waals surface area contributed by atoms with Gasteiger partial charge in [-0.05, 0) is 12.5 Å². The quantitative estimate of drug-likeness (QED) is 0.697. The van der Waals surface area contributed by atoms with Crippen LogP contribution in [0.2, 0.25) is 0 Å². The third-order valence-corrected chi connectivity index (χ3v) is 2.15. The lowest BCUT2D eigenvalue weighted by Crippen LogP contribution is -2.04. The van der Waals surface area contributed by atoms with Gasteiger partial charge in [0.1, 0.15) is 0 Å². The molecule has 0 atom stereocenters. The van der Waals surface area contributed by atoms with Crippen molar-refractivity contribution in [2.75, 3.05) is 6.61 Å². The molecular formula is C11H19N3O. The molecule has 0 unspecified atom stereocenters. The Morgan fingerprint density at radius 3 is 2.67 bits per heavy atom. The van der Waals surface area contributed by atoms with Crippen LogP contribution >= 0.6 is 0 Å². The summed E-state index contributed by atoms with van der Waals surface area (Å²) in [4.78, 5) is 0. The highest BCUT2D eigenvalue weighted by Gasteiger charge is 1.96. The van der Waals surface area contributed by atoms with Crippen LogP contribution in [-0.2, 0) is 6.54 Å². The molecule has 0 aromatic carbocycles. The van der Waals surface area contributed by atoms with Crippen molar-refractivity contribution in [3.63, 3.8) is 0 Å². The predicted molar refractivity (Wildman–Crippen MR) is 59.6 cm³/mol. The normalized spacial score (nSPS) is 10.3. The first-order valence-corrected chi connectivity index (χ1v) is 5.52. The highest BCUT2D eigenvalue weighted by molar-refractivity contribution is 5.10. The van der Waals surface area contributed by atoms with E-state index in [-0.39, 0.29) is 0 Å². The molecule has 0 spiro atoms. The van der Waals surface area contributed by atoms with Crippen molar-refractivity contribution < 1.29 is 4.74 Å². The van der Waals surface area contributed by atoms with E-state index in [0.717, 1.165) is 18.7 Å². The minimum Gasteiger partial charge on any atom is -0.477 e. The van der Waals surface area contributed by atoms with Crippen LogP contribution in [0.4, 0.5) is 0 Å². The molecular weight excluding hydrogens is 190 g/mol. The van der Waals surface area contributed by atoms with Crippen molar-refractivity contribution in [2.45, 2.75) is 39.2 Å². The van der Waals surface area contributed by atoms with Crippen LogP contribution in [-0.4, -0.2) is 16.8 Å². The van der Waals surface area contributed by atoms with E-state index in [1.165, 1.54) is 19.3 Å². The number of unbranched alkanes of at least 4 members (excludes halogenated alkanes) is 3. The summed E-state index contributed by atoms with van der Waals surface area (Å²) in [5.74, 6) is 0.587. The van der Waals surface area contributed by atoms with Gasteiger partial charge in [-0.1, -0.05) is 26.2 Å². The van der Waals surface area contributed by atoms with Crippen LogP contribution in [0.1, 0.15) is 38.3 Å². The van der Waals surface area contributed by atoms with Gasteiger partial charge in [-0.3, -0.25) is 0 Å². The maximum Gasteiger partial charge on any atom is 0.233 e. The van der Waals surface area contributed by atoms with Crippen LogP contribution < -0.4 is 10.5 Å². The minimum atomic E-state index is 0.420. The van der Waals surface area contributed by atoms with E-state index in [4.69, 9.17) is 10.5 Å². The van der Waals surface area contributed by atoms with Gasteiger partial charge in [0.25, 0.3) is 0 Å². The molecule has 1 aromatic heterocycles. The summed E-state index contributed by atoms with van der Waals surface area (Å²) in [7, 11) is 0. The number of nitrogens with zero attached hydrogens (tertiary/aromatic N) is 2. The van der Waals surface area contributed by atoms with E-state index >= 15 is 0 Å².